The third-order valence-electron chi connectivity index (χ3n) is 11.4. The summed E-state index contributed by atoms with van der Waals surface area (Å²) in [5, 5.41) is 2.26. The number of nitrogens with zero attached hydrogens (tertiary/aromatic N) is 5. The maximum Gasteiger partial charge on any atom is 0.164 e. The molecular formula is C57H37N5. The van der Waals surface area contributed by atoms with Crippen molar-refractivity contribution in [3.05, 3.63) is 225 Å². The van der Waals surface area contributed by atoms with E-state index in [1.54, 1.807) is 0 Å². The second-order valence-electron chi connectivity index (χ2n) is 15.3. The summed E-state index contributed by atoms with van der Waals surface area (Å²) >= 11 is 0. The molecule has 8 aromatic carbocycles. The van der Waals surface area contributed by atoms with Crippen LogP contribution >= 0.6 is 0 Å². The van der Waals surface area contributed by atoms with Gasteiger partial charge in [-0.05, 0) is 104 Å². The molecule has 0 aliphatic heterocycles. The van der Waals surface area contributed by atoms with E-state index >= 15 is 0 Å². The van der Waals surface area contributed by atoms with Gasteiger partial charge < -0.3 is 0 Å². The Kier molecular flexibility index (Phi) is 9.45. The van der Waals surface area contributed by atoms with Gasteiger partial charge in [0, 0.05) is 39.9 Å². The van der Waals surface area contributed by atoms with Gasteiger partial charge in [0.1, 0.15) is 0 Å². The van der Waals surface area contributed by atoms with E-state index in [0.29, 0.717) is 17.5 Å². The van der Waals surface area contributed by atoms with Crippen LogP contribution < -0.4 is 0 Å². The minimum atomic E-state index is 0.599. The molecule has 5 nitrogen and oxygen atoms in total. The molecule has 0 fully saturated rings. The van der Waals surface area contributed by atoms with Crippen LogP contribution in [0, 0.1) is 0 Å². The summed E-state index contributed by atoms with van der Waals surface area (Å²) in [5.74, 6) is 1.83. The van der Waals surface area contributed by atoms with Crippen LogP contribution in [0.5, 0.6) is 0 Å². The van der Waals surface area contributed by atoms with E-state index in [9.17, 15) is 0 Å². The molecule has 0 unspecified atom stereocenters. The quantitative estimate of drug-likeness (QED) is 0.153. The van der Waals surface area contributed by atoms with Gasteiger partial charge in [-0.15, -0.1) is 0 Å². The van der Waals surface area contributed by atoms with Crippen LogP contribution in [-0.2, 0) is 0 Å². The molecule has 0 amide bonds. The maximum absolute atomic E-state index is 5.24. The molecule has 0 atom stereocenters. The molecule has 0 saturated carbocycles. The molecule has 0 N–H and O–H groups in total. The highest BCUT2D eigenvalue weighted by molar-refractivity contribution is 5.96. The SMILES string of the molecule is c1ccc(-c2cccc(-c3nc(-c4ccccc4)nc(-c4cc(-c5ccc(-c6cccc7ncccc67)cc5)cc(-c5ccc(-c6cccc7ncccc67)cc5)c4)n3)c2)cc1. The van der Waals surface area contributed by atoms with Gasteiger partial charge in [0.15, 0.2) is 17.5 Å². The molecule has 5 heteroatoms. The molecule has 0 bridgehead atoms. The summed E-state index contributed by atoms with van der Waals surface area (Å²) in [5.41, 5.74) is 15.8. The Morgan fingerprint density at radius 3 is 1.16 bits per heavy atom. The molecule has 3 aromatic heterocycles. The number of aromatic nitrogens is 5. The third-order valence-corrected chi connectivity index (χ3v) is 11.4. The van der Waals surface area contributed by atoms with Crippen LogP contribution in [0.15, 0.2) is 225 Å². The van der Waals surface area contributed by atoms with Crippen molar-refractivity contribution in [1.29, 1.82) is 0 Å². The van der Waals surface area contributed by atoms with Gasteiger partial charge in [0.2, 0.25) is 0 Å². The number of hydrogen-bond donors (Lipinski definition) is 0. The van der Waals surface area contributed by atoms with Crippen LogP contribution in [0.4, 0.5) is 0 Å². The summed E-state index contributed by atoms with van der Waals surface area (Å²) in [4.78, 5) is 24.7. The number of hydrogen-bond acceptors (Lipinski definition) is 5. The van der Waals surface area contributed by atoms with Crippen molar-refractivity contribution in [1.82, 2.24) is 24.9 Å². The van der Waals surface area contributed by atoms with Gasteiger partial charge in [0.05, 0.1) is 11.0 Å². The molecule has 0 aliphatic carbocycles. The molecule has 290 valence electrons. The second kappa shape index (κ2) is 16.0. The van der Waals surface area contributed by atoms with Crippen LogP contribution in [0.1, 0.15) is 0 Å². The fourth-order valence-corrected chi connectivity index (χ4v) is 8.30. The van der Waals surface area contributed by atoms with Gasteiger partial charge in [-0.25, -0.2) is 15.0 Å². The summed E-state index contributed by atoms with van der Waals surface area (Å²) in [6.45, 7) is 0. The predicted molar refractivity (Wildman–Crippen MR) is 254 cm³/mol. The van der Waals surface area contributed by atoms with Gasteiger partial charge >= 0.3 is 0 Å². The molecule has 3 heterocycles. The van der Waals surface area contributed by atoms with E-state index in [1.807, 2.05) is 60.9 Å². The highest BCUT2D eigenvalue weighted by atomic mass is 15.0. The van der Waals surface area contributed by atoms with E-state index in [-0.39, 0.29) is 0 Å². The van der Waals surface area contributed by atoms with Crippen LogP contribution in [0.25, 0.3) is 112 Å². The topological polar surface area (TPSA) is 64.5 Å². The Hall–Kier alpha value is -8.41. The summed E-state index contributed by atoms with van der Waals surface area (Å²) in [6, 6.07) is 74.1. The Morgan fingerprint density at radius 1 is 0.226 bits per heavy atom. The highest BCUT2D eigenvalue weighted by Gasteiger charge is 2.16. The lowest BCUT2D eigenvalue weighted by Gasteiger charge is -2.14. The van der Waals surface area contributed by atoms with Crippen molar-refractivity contribution >= 4 is 21.8 Å². The lowest BCUT2D eigenvalue weighted by atomic mass is 9.93. The third kappa shape index (κ3) is 7.18. The smallest absolute Gasteiger partial charge is 0.164 e. The van der Waals surface area contributed by atoms with Gasteiger partial charge in [-0.3, -0.25) is 9.97 Å². The van der Waals surface area contributed by atoms with Crippen molar-refractivity contribution in [2.75, 3.05) is 0 Å². The molecule has 0 aliphatic rings. The first-order chi connectivity index (χ1) is 30.7. The number of pyridine rings is 2. The summed E-state index contributed by atoms with van der Waals surface area (Å²) < 4.78 is 0. The van der Waals surface area contributed by atoms with Crippen LogP contribution in [0.2, 0.25) is 0 Å². The van der Waals surface area contributed by atoms with Crippen LogP contribution in [-0.4, -0.2) is 24.9 Å². The van der Waals surface area contributed by atoms with Gasteiger partial charge in [-0.2, -0.15) is 0 Å². The van der Waals surface area contributed by atoms with E-state index in [4.69, 9.17) is 15.0 Å². The van der Waals surface area contributed by atoms with E-state index in [0.717, 1.165) is 94.1 Å². The number of benzene rings is 8. The zero-order valence-corrected chi connectivity index (χ0v) is 33.6. The highest BCUT2D eigenvalue weighted by Crippen LogP contribution is 2.37. The minimum Gasteiger partial charge on any atom is -0.256 e. The minimum absolute atomic E-state index is 0.599. The van der Waals surface area contributed by atoms with Crippen molar-refractivity contribution in [3.8, 4) is 89.8 Å². The largest absolute Gasteiger partial charge is 0.256 e. The monoisotopic (exact) mass is 791 g/mol. The molecule has 11 rings (SSSR count). The average Bonchev–Trinajstić information content (AvgIpc) is 3.36. The fraction of sp³-hybridized carbons (Fsp3) is 0. The Balaban J connectivity index is 1.06. The van der Waals surface area contributed by atoms with Crippen molar-refractivity contribution in [2.45, 2.75) is 0 Å². The predicted octanol–water partition coefficient (Wildman–Crippen LogP) is 14.3. The first-order valence-electron chi connectivity index (χ1n) is 20.7. The molecule has 62 heavy (non-hydrogen) atoms. The van der Waals surface area contributed by atoms with Crippen LogP contribution in [0.3, 0.4) is 0 Å². The molecule has 0 saturated heterocycles. The lowest BCUT2D eigenvalue weighted by molar-refractivity contribution is 1.07. The molecule has 11 aromatic rings. The van der Waals surface area contributed by atoms with Crippen molar-refractivity contribution in [2.24, 2.45) is 0 Å². The zero-order chi connectivity index (χ0) is 41.2. The summed E-state index contributed by atoms with van der Waals surface area (Å²) in [7, 11) is 0. The second-order valence-corrected chi connectivity index (χ2v) is 15.3. The lowest BCUT2D eigenvalue weighted by Crippen LogP contribution is -2.00. The normalized spacial score (nSPS) is 11.2. The molecule has 0 radical (unpaired) electrons. The van der Waals surface area contributed by atoms with Gasteiger partial charge in [0.25, 0.3) is 0 Å². The first kappa shape index (κ1) is 36.7. The van der Waals surface area contributed by atoms with Gasteiger partial charge in [-0.1, -0.05) is 164 Å². The van der Waals surface area contributed by atoms with E-state index in [2.05, 4.69) is 174 Å². The Labute approximate surface area is 359 Å². The number of fused-ring (bicyclic) bond motifs is 2. The van der Waals surface area contributed by atoms with Crippen molar-refractivity contribution < 1.29 is 0 Å². The number of rotatable bonds is 8. The molecule has 0 spiro atoms. The Morgan fingerprint density at radius 2 is 0.613 bits per heavy atom. The van der Waals surface area contributed by atoms with E-state index in [1.165, 1.54) is 0 Å². The first-order valence-corrected chi connectivity index (χ1v) is 20.7. The fourth-order valence-electron chi connectivity index (χ4n) is 8.30. The Bertz CT molecular complexity index is 3230. The molecular weight excluding hydrogens is 755 g/mol. The van der Waals surface area contributed by atoms with Crippen molar-refractivity contribution in [3.63, 3.8) is 0 Å². The maximum atomic E-state index is 5.24. The van der Waals surface area contributed by atoms with E-state index < -0.39 is 0 Å². The average molecular weight is 792 g/mol. The summed E-state index contributed by atoms with van der Waals surface area (Å²) in [6.07, 6.45) is 3.68. The zero-order valence-electron chi connectivity index (χ0n) is 33.6. The standard InChI is InChI=1S/C57H37N5/c1-3-12-38(13-4-1)44-16-7-17-45(34-44)56-60-55(43-14-5-2-6-15-43)61-57(62-56)48-36-46(39-24-28-41(29-25-39)49-18-8-22-53-51(49)20-10-32-58-53)35-47(37-48)40-26-30-42(31-27-40)50-19-9-23-54-52(50)21-11-33-59-54/h1-37H.